The van der Waals surface area contributed by atoms with E-state index < -0.39 is 0 Å². The van der Waals surface area contributed by atoms with Gasteiger partial charge in [0.05, 0.1) is 0 Å². The molecular weight excluding hydrogens is 184 g/mol. The van der Waals surface area contributed by atoms with Crippen molar-refractivity contribution in [1.29, 1.82) is 0 Å². The van der Waals surface area contributed by atoms with E-state index in [9.17, 15) is 0 Å². The summed E-state index contributed by atoms with van der Waals surface area (Å²) in [6.45, 7) is 13.4. The van der Waals surface area contributed by atoms with Crippen LogP contribution in [0.3, 0.4) is 0 Å². The van der Waals surface area contributed by atoms with Crippen LogP contribution in [0.25, 0.3) is 5.57 Å². The summed E-state index contributed by atoms with van der Waals surface area (Å²) >= 11 is 0. The second-order valence-electron chi connectivity index (χ2n) is 3.68. The van der Waals surface area contributed by atoms with Gasteiger partial charge in [-0.15, -0.1) is 0 Å². The first kappa shape index (κ1) is 11.4. The lowest BCUT2D eigenvalue weighted by molar-refractivity contribution is 1.27. The topological polar surface area (TPSA) is 25.2 Å². The van der Waals surface area contributed by atoms with Crippen LogP contribution in [0.5, 0.6) is 0 Å². The van der Waals surface area contributed by atoms with Crippen molar-refractivity contribution in [2.24, 2.45) is 4.99 Å². The van der Waals surface area contributed by atoms with Crippen LogP contribution in [-0.4, -0.2) is 10.7 Å². The summed E-state index contributed by atoms with van der Waals surface area (Å²) in [4.78, 5) is 8.46. The third-order valence-electron chi connectivity index (χ3n) is 2.01. The lowest BCUT2D eigenvalue weighted by Crippen LogP contribution is -1.97. The molecule has 15 heavy (non-hydrogen) atoms. The molecule has 0 saturated carbocycles. The molecule has 0 bridgehead atoms. The monoisotopic (exact) mass is 200 g/mol. The zero-order valence-electron chi connectivity index (χ0n) is 9.54. The summed E-state index contributed by atoms with van der Waals surface area (Å²) in [6, 6.07) is 2.04. The minimum Gasteiger partial charge on any atom is -0.263 e. The van der Waals surface area contributed by atoms with Crippen molar-refractivity contribution in [2.45, 2.75) is 20.8 Å². The highest BCUT2D eigenvalue weighted by Crippen LogP contribution is 2.12. The smallest absolute Gasteiger partial charge is 0.0463 e. The minimum atomic E-state index is 0.799. The number of pyridine rings is 1. The van der Waals surface area contributed by atoms with Gasteiger partial charge in [-0.05, 0) is 38.0 Å². The van der Waals surface area contributed by atoms with Gasteiger partial charge in [-0.1, -0.05) is 13.2 Å². The Kier molecular flexibility index (Phi) is 3.56. The average Bonchev–Trinajstić information content (AvgIpc) is 2.17. The number of nitrogens with zero attached hydrogens (tertiary/aromatic N) is 2. The molecule has 0 N–H and O–H groups in total. The number of aromatic nitrogens is 1. The molecule has 0 unspecified atom stereocenters. The van der Waals surface area contributed by atoms with E-state index in [1.165, 1.54) is 0 Å². The maximum Gasteiger partial charge on any atom is 0.0463 e. The summed E-state index contributed by atoms with van der Waals surface area (Å²) in [5.41, 5.74) is 4.79. The molecular formula is C13H16N2. The highest BCUT2D eigenvalue weighted by molar-refractivity contribution is 5.99. The van der Waals surface area contributed by atoms with Gasteiger partial charge in [-0.2, -0.15) is 0 Å². The van der Waals surface area contributed by atoms with Crippen LogP contribution in [0, 0.1) is 0 Å². The zero-order valence-corrected chi connectivity index (χ0v) is 9.54. The quantitative estimate of drug-likeness (QED) is 0.686. The van der Waals surface area contributed by atoms with Gasteiger partial charge in [0.1, 0.15) is 0 Å². The van der Waals surface area contributed by atoms with Gasteiger partial charge in [-0.3, -0.25) is 9.98 Å². The van der Waals surface area contributed by atoms with E-state index in [0.29, 0.717) is 0 Å². The van der Waals surface area contributed by atoms with Gasteiger partial charge < -0.3 is 0 Å². The molecule has 0 aromatic carbocycles. The van der Waals surface area contributed by atoms with Gasteiger partial charge in [0.2, 0.25) is 0 Å². The summed E-state index contributed by atoms with van der Waals surface area (Å²) in [7, 11) is 0. The van der Waals surface area contributed by atoms with Crippen LogP contribution in [0.15, 0.2) is 42.3 Å². The van der Waals surface area contributed by atoms with Crippen molar-refractivity contribution < 1.29 is 0 Å². The third kappa shape index (κ3) is 3.17. The lowest BCUT2D eigenvalue weighted by Gasteiger charge is -2.03. The van der Waals surface area contributed by atoms with Gasteiger partial charge in [-0.25, -0.2) is 0 Å². The zero-order chi connectivity index (χ0) is 11.4. The molecule has 0 aliphatic heterocycles. The molecule has 2 nitrogen and oxygen atoms in total. The Bertz CT molecular complexity index is 428. The van der Waals surface area contributed by atoms with Crippen LogP contribution in [0.1, 0.15) is 31.9 Å². The van der Waals surface area contributed by atoms with E-state index in [4.69, 9.17) is 0 Å². The fourth-order valence-corrected chi connectivity index (χ4v) is 1.22. The molecule has 0 aliphatic rings. The van der Waals surface area contributed by atoms with Crippen LogP contribution < -0.4 is 0 Å². The van der Waals surface area contributed by atoms with Crippen LogP contribution in [-0.2, 0) is 0 Å². The van der Waals surface area contributed by atoms with Crippen LogP contribution in [0.2, 0.25) is 0 Å². The molecule has 0 saturated heterocycles. The van der Waals surface area contributed by atoms with Crippen molar-refractivity contribution in [3.63, 3.8) is 0 Å². The molecule has 1 heterocycles. The van der Waals surface area contributed by atoms with Crippen molar-refractivity contribution >= 4 is 11.3 Å². The van der Waals surface area contributed by atoms with E-state index in [1.54, 1.807) is 12.4 Å². The van der Waals surface area contributed by atoms with Crippen molar-refractivity contribution in [1.82, 2.24) is 4.98 Å². The normalized spacial score (nSPS) is 11.3. The summed E-state index contributed by atoms with van der Waals surface area (Å²) in [6.07, 6.45) is 3.61. The number of hydrogen-bond donors (Lipinski definition) is 0. The molecule has 2 heteroatoms. The number of aliphatic imine (C=N–C) groups is 1. The maximum atomic E-state index is 4.30. The predicted octanol–water partition coefficient (Wildman–Crippen LogP) is 3.46. The SMILES string of the molecule is C=C(C)N=C(C)c1cncc(C(=C)C)c1. The predicted molar refractivity (Wildman–Crippen MR) is 66.0 cm³/mol. The van der Waals surface area contributed by atoms with Crippen molar-refractivity contribution in [3.05, 3.63) is 48.4 Å². The van der Waals surface area contributed by atoms with Gasteiger partial charge in [0.15, 0.2) is 0 Å². The molecule has 1 rings (SSSR count). The summed E-state index contributed by atoms with van der Waals surface area (Å²) < 4.78 is 0. The van der Waals surface area contributed by atoms with E-state index in [2.05, 4.69) is 23.1 Å². The largest absolute Gasteiger partial charge is 0.263 e. The van der Waals surface area contributed by atoms with Crippen LogP contribution in [0.4, 0.5) is 0 Å². The number of allylic oxidation sites excluding steroid dienone is 2. The van der Waals surface area contributed by atoms with Crippen molar-refractivity contribution in [3.8, 4) is 0 Å². The number of hydrogen-bond acceptors (Lipinski definition) is 2. The minimum absolute atomic E-state index is 0.799. The lowest BCUT2D eigenvalue weighted by atomic mass is 10.1. The Morgan fingerprint density at radius 1 is 1.13 bits per heavy atom. The first-order valence-electron chi connectivity index (χ1n) is 4.83. The molecule has 1 aromatic heterocycles. The molecule has 1 aromatic rings. The van der Waals surface area contributed by atoms with Crippen LogP contribution >= 0.6 is 0 Å². The fourth-order valence-electron chi connectivity index (χ4n) is 1.22. The third-order valence-corrected chi connectivity index (χ3v) is 2.01. The first-order chi connectivity index (χ1) is 7.00. The Hall–Kier alpha value is -1.70. The second kappa shape index (κ2) is 4.69. The average molecular weight is 200 g/mol. The Labute approximate surface area is 91.1 Å². The molecule has 78 valence electrons. The molecule has 0 amide bonds. The van der Waals surface area contributed by atoms with E-state index in [1.807, 2.05) is 26.8 Å². The molecule has 0 atom stereocenters. The summed E-state index contributed by atoms with van der Waals surface area (Å²) in [5, 5.41) is 0. The van der Waals surface area contributed by atoms with E-state index >= 15 is 0 Å². The highest BCUT2D eigenvalue weighted by Gasteiger charge is 2.00. The first-order valence-corrected chi connectivity index (χ1v) is 4.83. The van der Waals surface area contributed by atoms with Gasteiger partial charge in [0, 0.05) is 29.4 Å². The maximum absolute atomic E-state index is 4.30. The number of rotatable bonds is 3. The Balaban J connectivity index is 3.11. The van der Waals surface area contributed by atoms with E-state index in [-0.39, 0.29) is 0 Å². The van der Waals surface area contributed by atoms with E-state index in [0.717, 1.165) is 28.1 Å². The molecule has 0 fully saturated rings. The van der Waals surface area contributed by atoms with Gasteiger partial charge >= 0.3 is 0 Å². The van der Waals surface area contributed by atoms with Gasteiger partial charge in [0.25, 0.3) is 0 Å². The molecule has 0 aliphatic carbocycles. The van der Waals surface area contributed by atoms with Crippen molar-refractivity contribution in [2.75, 3.05) is 0 Å². The summed E-state index contributed by atoms with van der Waals surface area (Å²) in [5.74, 6) is 0. The molecule has 0 spiro atoms. The Morgan fingerprint density at radius 3 is 2.27 bits per heavy atom. The fraction of sp³-hybridized carbons (Fsp3) is 0.231. The second-order valence-corrected chi connectivity index (χ2v) is 3.68. The molecule has 0 radical (unpaired) electrons. The standard InChI is InChI=1S/C13H16N2/c1-9(2)12-6-13(8-14-7-12)11(5)15-10(3)4/h6-8H,1,3H2,2,4-5H3. The highest BCUT2D eigenvalue weighted by atomic mass is 14.7. The Morgan fingerprint density at radius 2 is 1.73 bits per heavy atom.